The molecule has 0 amide bonds. The Kier molecular flexibility index (Phi) is 5.69. The normalized spacial score (nSPS) is 21.7. The van der Waals surface area contributed by atoms with Gasteiger partial charge >= 0.3 is 0 Å². The predicted octanol–water partition coefficient (Wildman–Crippen LogP) is 3.69. The second-order valence-corrected chi connectivity index (χ2v) is 5.19. The summed E-state index contributed by atoms with van der Waals surface area (Å²) in [6, 6.07) is 11.8. The van der Waals surface area contributed by atoms with E-state index in [1.807, 2.05) is 0 Å². The molecule has 0 aromatic heterocycles. The Labute approximate surface area is 111 Å². The molecule has 2 heteroatoms. The van der Waals surface area contributed by atoms with Gasteiger partial charge in [0.1, 0.15) is 0 Å². The first kappa shape index (κ1) is 13.6. The van der Waals surface area contributed by atoms with Crippen molar-refractivity contribution < 1.29 is 4.74 Å². The Morgan fingerprint density at radius 3 is 2.83 bits per heavy atom. The lowest BCUT2D eigenvalue weighted by Gasteiger charge is -2.29. The summed E-state index contributed by atoms with van der Waals surface area (Å²) in [5.41, 5.74) is 1.41. The first-order valence-electron chi connectivity index (χ1n) is 7.29. The third kappa shape index (κ3) is 4.11. The van der Waals surface area contributed by atoms with Gasteiger partial charge in [-0.2, -0.15) is 0 Å². The molecular formula is C16H25NO. The molecule has 1 fully saturated rings. The second kappa shape index (κ2) is 7.55. The van der Waals surface area contributed by atoms with Crippen LogP contribution in [0.2, 0.25) is 0 Å². The lowest BCUT2D eigenvalue weighted by molar-refractivity contribution is 0.0657. The molecule has 2 unspecified atom stereocenters. The Bertz CT molecular complexity index is 319. The van der Waals surface area contributed by atoms with E-state index in [9.17, 15) is 0 Å². The highest BCUT2D eigenvalue weighted by atomic mass is 16.5. The van der Waals surface area contributed by atoms with Gasteiger partial charge in [0.2, 0.25) is 0 Å². The molecule has 0 aliphatic carbocycles. The van der Waals surface area contributed by atoms with Crippen LogP contribution in [0.1, 0.15) is 50.6 Å². The summed E-state index contributed by atoms with van der Waals surface area (Å²) in [5.74, 6) is 0. The van der Waals surface area contributed by atoms with E-state index in [0.717, 1.165) is 13.2 Å². The van der Waals surface area contributed by atoms with Crippen LogP contribution in [0.15, 0.2) is 30.3 Å². The molecule has 18 heavy (non-hydrogen) atoms. The average Bonchev–Trinajstić information content (AvgIpc) is 2.45. The summed E-state index contributed by atoms with van der Waals surface area (Å²) in [7, 11) is 0. The van der Waals surface area contributed by atoms with E-state index in [1.54, 1.807) is 0 Å². The van der Waals surface area contributed by atoms with E-state index < -0.39 is 0 Å². The molecule has 1 saturated heterocycles. The Hall–Kier alpha value is -0.860. The van der Waals surface area contributed by atoms with E-state index in [2.05, 4.69) is 42.6 Å². The smallest absolute Gasteiger partial charge is 0.0619 e. The van der Waals surface area contributed by atoms with Crippen molar-refractivity contribution in [2.75, 3.05) is 13.2 Å². The van der Waals surface area contributed by atoms with Gasteiger partial charge in [-0.05, 0) is 24.8 Å². The van der Waals surface area contributed by atoms with Crippen molar-refractivity contribution in [2.24, 2.45) is 0 Å². The van der Waals surface area contributed by atoms with Crippen molar-refractivity contribution in [3.8, 4) is 0 Å². The van der Waals surface area contributed by atoms with Crippen LogP contribution in [0.25, 0.3) is 0 Å². The van der Waals surface area contributed by atoms with Crippen molar-refractivity contribution >= 4 is 0 Å². The minimum Gasteiger partial charge on any atom is -0.380 e. The van der Waals surface area contributed by atoms with Crippen LogP contribution >= 0.6 is 0 Å². The van der Waals surface area contributed by atoms with Crippen molar-refractivity contribution in [1.82, 2.24) is 5.32 Å². The summed E-state index contributed by atoms with van der Waals surface area (Å²) in [6.45, 7) is 4.06. The summed E-state index contributed by atoms with van der Waals surface area (Å²) in [6.07, 6.45) is 6.19. The molecule has 1 aliphatic heterocycles. The van der Waals surface area contributed by atoms with Crippen molar-refractivity contribution in [3.05, 3.63) is 35.9 Å². The van der Waals surface area contributed by atoms with Gasteiger partial charge in [0, 0.05) is 18.7 Å². The number of nitrogens with one attached hydrogen (secondary N) is 1. The van der Waals surface area contributed by atoms with Crippen molar-refractivity contribution in [1.29, 1.82) is 0 Å². The summed E-state index contributed by atoms with van der Waals surface area (Å²) < 4.78 is 5.56. The molecule has 2 atom stereocenters. The molecular weight excluding hydrogens is 222 g/mol. The molecule has 0 radical (unpaired) electrons. The first-order chi connectivity index (χ1) is 8.90. The molecule has 0 spiro atoms. The summed E-state index contributed by atoms with van der Waals surface area (Å²) in [5, 5.41) is 3.78. The molecule has 1 aliphatic rings. The van der Waals surface area contributed by atoms with Crippen LogP contribution in [0.5, 0.6) is 0 Å². The Balaban J connectivity index is 1.95. The van der Waals surface area contributed by atoms with Crippen LogP contribution < -0.4 is 5.32 Å². The van der Waals surface area contributed by atoms with Crippen molar-refractivity contribution in [2.45, 2.75) is 51.1 Å². The van der Waals surface area contributed by atoms with Gasteiger partial charge in [-0.25, -0.2) is 0 Å². The predicted molar refractivity (Wildman–Crippen MR) is 75.7 cm³/mol. The zero-order valence-corrected chi connectivity index (χ0v) is 11.4. The van der Waals surface area contributed by atoms with Crippen LogP contribution in [-0.2, 0) is 4.74 Å². The zero-order chi connectivity index (χ0) is 12.6. The number of unbranched alkanes of at least 4 members (excludes halogenated alkanes) is 1. The first-order valence-corrected chi connectivity index (χ1v) is 7.29. The van der Waals surface area contributed by atoms with Crippen molar-refractivity contribution in [3.63, 3.8) is 0 Å². The highest BCUT2D eigenvalue weighted by molar-refractivity contribution is 5.19. The van der Waals surface area contributed by atoms with E-state index in [0.29, 0.717) is 12.1 Å². The zero-order valence-electron chi connectivity index (χ0n) is 11.4. The number of rotatable bonds is 6. The molecule has 2 nitrogen and oxygen atoms in total. The largest absolute Gasteiger partial charge is 0.380 e. The number of ether oxygens (including phenoxy) is 1. The van der Waals surface area contributed by atoms with E-state index in [-0.39, 0.29) is 0 Å². The van der Waals surface area contributed by atoms with Gasteiger partial charge in [-0.1, -0.05) is 50.1 Å². The molecule has 1 heterocycles. The Morgan fingerprint density at radius 2 is 2.17 bits per heavy atom. The number of hydrogen-bond acceptors (Lipinski definition) is 2. The van der Waals surface area contributed by atoms with E-state index in [1.165, 1.54) is 37.7 Å². The Morgan fingerprint density at radius 1 is 1.33 bits per heavy atom. The third-order valence-corrected chi connectivity index (χ3v) is 3.65. The fourth-order valence-electron chi connectivity index (χ4n) is 2.60. The molecule has 0 saturated carbocycles. The topological polar surface area (TPSA) is 21.3 Å². The lowest BCUT2D eigenvalue weighted by atomic mass is 9.99. The maximum atomic E-state index is 5.56. The van der Waals surface area contributed by atoms with Crippen LogP contribution in [0, 0.1) is 0 Å². The van der Waals surface area contributed by atoms with Gasteiger partial charge in [-0.3, -0.25) is 0 Å². The maximum absolute atomic E-state index is 5.56. The highest BCUT2D eigenvalue weighted by Crippen LogP contribution is 2.21. The monoisotopic (exact) mass is 247 g/mol. The quantitative estimate of drug-likeness (QED) is 0.828. The fourth-order valence-corrected chi connectivity index (χ4v) is 2.60. The lowest BCUT2D eigenvalue weighted by Crippen LogP contribution is -2.39. The third-order valence-electron chi connectivity index (χ3n) is 3.65. The molecule has 2 rings (SSSR count). The second-order valence-electron chi connectivity index (χ2n) is 5.19. The molecule has 1 aromatic carbocycles. The molecule has 1 N–H and O–H groups in total. The SMILES string of the molecule is CCCCC(NC1CCCOC1)c1ccccc1. The average molecular weight is 247 g/mol. The van der Waals surface area contributed by atoms with Gasteiger partial charge in [0.05, 0.1) is 6.61 Å². The van der Waals surface area contributed by atoms with Gasteiger partial charge in [0.15, 0.2) is 0 Å². The maximum Gasteiger partial charge on any atom is 0.0619 e. The van der Waals surface area contributed by atoms with Crippen LogP contribution in [0.3, 0.4) is 0 Å². The molecule has 1 aromatic rings. The van der Waals surface area contributed by atoms with Crippen LogP contribution in [0.4, 0.5) is 0 Å². The highest BCUT2D eigenvalue weighted by Gasteiger charge is 2.18. The summed E-state index contributed by atoms with van der Waals surface area (Å²) >= 11 is 0. The fraction of sp³-hybridized carbons (Fsp3) is 0.625. The number of hydrogen-bond donors (Lipinski definition) is 1. The van der Waals surface area contributed by atoms with E-state index >= 15 is 0 Å². The van der Waals surface area contributed by atoms with Gasteiger partial charge in [-0.15, -0.1) is 0 Å². The molecule has 0 bridgehead atoms. The van der Waals surface area contributed by atoms with Gasteiger partial charge < -0.3 is 10.1 Å². The minimum atomic E-state index is 0.484. The van der Waals surface area contributed by atoms with Crippen LogP contribution in [-0.4, -0.2) is 19.3 Å². The molecule has 100 valence electrons. The standard InChI is InChI=1S/C16H25NO/c1-2-3-11-16(14-8-5-4-6-9-14)17-15-10-7-12-18-13-15/h4-6,8-9,15-17H,2-3,7,10-13H2,1H3. The number of benzene rings is 1. The van der Waals surface area contributed by atoms with Gasteiger partial charge in [0.25, 0.3) is 0 Å². The summed E-state index contributed by atoms with van der Waals surface area (Å²) in [4.78, 5) is 0. The minimum absolute atomic E-state index is 0.484. The van der Waals surface area contributed by atoms with E-state index in [4.69, 9.17) is 4.74 Å².